The SMILES string of the molecule is CCCCC(CC)C(C)(C)CC(C)(C)NC. The zero-order valence-corrected chi connectivity index (χ0v) is 12.6. The molecular weight excluding hydrogens is 194 g/mol. The van der Waals surface area contributed by atoms with Crippen LogP contribution >= 0.6 is 0 Å². The molecule has 0 aromatic carbocycles. The van der Waals surface area contributed by atoms with Gasteiger partial charge in [0.05, 0.1) is 0 Å². The minimum absolute atomic E-state index is 0.253. The van der Waals surface area contributed by atoms with E-state index in [0.29, 0.717) is 5.41 Å². The maximum Gasteiger partial charge on any atom is 0.0127 e. The second-order valence-corrected chi connectivity index (χ2v) is 6.55. The van der Waals surface area contributed by atoms with E-state index in [4.69, 9.17) is 0 Å². The lowest BCUT2D eigenvalue weighted by Crippen LogP contribution is -2.42. The standard InChI is InChI=1S/C15H33N/c1-8-10-11-13(9-2)14(3,4)12-15(5,6)16-7/h13,16H,8-12H2,1-7H3. The van der Waals surface area contributed by atoms with Gasteiger partial charge in [-0.05, 0) is 45.1 Å². The van der Waals surface area contributed by atoms with E-state index in [1.807, 2.05) is 0 Å². The first-order valence-corrected chi connectivity index (χ1v) is 6.98. The Morgan fingerprint density at radius 1 is 1.06 bits per heavy atom. The molecule has 0 saturated carbocycles. The summed E-state index contributed by atoms with van der Waals surface area (Å²) in [6, 6.07) is 0. The summed E-state index contributed by atoms with van der Waals surface area (Å²) < 4.78 is 0. The van der Waals surface area contributed by atoms with E-state index in [-0.39, 0.29) is 5.54 Å². The number of hydrogen-bond acceptors (Lipinski definition) is 1. The first-order valence-electron chi connectivity index (χ1n) is 6.98. The second-order valence-electron chi connectivity index (χ2n) is 6.55. The minimum atomic E-state index is 0.253. The van der Waals surface area contributed by atoms with Gasteiger partial charge in [-0.3, -0.25) is 0 Å². The molecule has 0 heterocycles. The van der Waals surface area contributed by atoms with Crippen LogP contribution in [0.25, 0.3) is 0 Å². The van der Waals surface area contributed by atoms with Crippen LogP contribution in [0.3, 0.4) is 0 Å². The normalized spacial score (nSPS) is 15.2. The Hall–Kier alpha value is -0.0400. The zero-order valence-electron chi connectivity index (χ0n) is 12.6. The highest BCUT2D eigenvalue weighted by Crippen LogP contribution is 2.39. The van der Waals surface area contributed by atoms with Crippen molar-refractivity contribution in [2.24, 2.45) is 11.3 Å². The van der Waals surface area contributed by atoms with Gasteiger partial charge in [-0.15, -0.1) is 0 Å². The third-order valence-electron chi connectivity index (χ3n) is 4.08. The quantitative estimate of drug-likeness (QED) is 0.638. The van der Waals surface area contributed by atoms with Crippen molar-refractivity contribution in [3.63, 3.8) is 0 Å². The van der Waals surface area contributed by atoms with Crippen molar-refractivity contribution < 1.29 is 0 Å². The van der Waals surface area contributed by atoms with Crippen LogP contribution in [0.4, 0.5) is 0 Å². The molecule has 0 rings (SSSR count). The lowest BCUT2D eigenvalue weighted by molar-refractivity contribution is 0.130. The predicted molar refractivity (Wildman–Crippen MR) is 74.8 cm³/mol. The summed E-state index contributed by atoms with van der Waals surface area (Å²) in [6.07, 6.45) is 6.65. The molecule has 0 aliphatic heterocycles. The van der Waals surface area contributed by atoms with E-state index in [1.165, 1.54) is 32.1 Å². The van der Waals surface area contributed by atoms with Crippen LogP contribution in [0.5, 0.6) is 0 Å². The monoisotopic (exact) mass is 227 g/mol. The lowest BCUT2D eigenvalue weighted by Gasteiger charge is -2.40. The molecule has 0 aromatic rings. The van der Waals surface area contributed by atoms with Gasteiger partial charge in [0.25, 0.3) is 0 Å². The average molecular weight is 227 g/mol. The summed E-state index contributed by atoms with van der Waals surface area (Å²) in [5, 5.41) is 3.43. The molecule has 0 aromatic heterocycles. The van der Waals surface area contributed by atoms with Crippen LogP contribution in [-0.2, 0) is 0 Å². The van der Waals surface area contributed by atoms with E-state index >= 15 is 0 Å². The minimum Gasteiger partial charge on any atom is -0.315 e. The molecular formula is C15H33N. The summed E-state index contributed by atoms with van der Waals surface area (Å²) >= 11 is 0. The highest BCUT2D eigenvalue weighted by atomic mass is 14.9. The van der Waals surface area contributed by atoms with Gasteiger partial charge in [-0.2, -0.15) is 0 Å². The molecule has 0 spiro atoms. The fourth-order valence-corrected chi connectivity index (χ4v) is 2.97. The molecule has 0 fully saturated rings. The van der Waals surface area contributed by atoms with E-state index in [0.717, 1.165) is 5.92 Å². The Kier molecular flexibility index (Phi) is 6.62. The summed E-state index contributed by atoms with van der Waals surface area (Å²) in [7, 11) is 2.07. The van der Waals surface area contributed by atoms with Crippen molar-refractivity contribution in [1.29, 1.82) is 0 Å². The molecule has 0 saturated heterocycles. The Labute approximate surface area is 103 Å². The molecule has 1 atom stereocenters. The topological polar surface area (TPSA) is 12.0 Å². The summed E-state index contributed by atoms with van der Waals surface area (Å²) in [4.78, 5) is 0. The first kappa shape index (κ1) is 16.0. The highest BCUT2D eigenvalue weighted by molar-refractivity contribution is 4.87. The molecule has 1 heteroatoms. The van der Waals surface area contributed by atoms with Crippen LogP contribution in [0.1, 0.15) is 73.6 Å². The molecule has 1 N–H and O–H groups in total. The second kappa shape index (κ2) is 6.64. The highest BCUT2D eigenvalue weighted by Gasteiger charge is 2.33. The van der Waals surface area contributed by atoms with Gasteiger partial charge in [0.2, 0.25) is 0 Å². The summed E-state index contributed by atoms with van der Waals surface area (Å²) in [5.41, 5.74) is 0.694. The van der Waals surface area contributed by atoms with Crippen LogP contribution in [-0.4, -0.2) is 12.6 Å². The number of unbranched alkanes of at least 4 members (excludes halogenated alkanes) is 1. The maximum atomic E-state index is 3.43. The third kappa shape index (κ3) is 5.34. The molecule has 98 valence electrons. The molecule has 1 nitrogen and oxygen atoms in total. The fraction of sp³-hybridized carbons (Fsp3) is 1.00. The molecule has 0 amide bonds. The van der Waals surface area contributed by atoms with Gasteiger partial charge in [0, 0.05) is 5.54 Å². The number of hydrogen-bond donors (Lipinski definition) is 1. The van der Waals surface area contributed by atoms with Gasteiger partial charge < -0.3 is 5.32 Å². The van der Waals surface area contributed by atoms with Crippen molar-refractivity contribution in [2.75, 3.05) is 7.05 Å². The van der Waals surface area contributed by atoms with Crippen molar-refractivity contribution >= 4 is 0 Å². The summed E-state index contributed by atoms with van der Waals surface area (Å²) in [6.45, 7) is 14.1. The van der Waals surface area contributed by atoms with Crippen molar-refractivity contribution in [2.45, 2.75) is 79.2 Å². The van der Waals surface area contributed by atoms with Gasteiger partial charge in [-0.25, -0.2) is 0 Å². The molecule has 0 bridgehead atoms. The molecule has 16 heavy (non-hydrogen) atoms. The van der Waals surface area contributed by atoms with E-state index in [1.54, 1.807) is 0 Å². The Balaban J connectivity index is 4.47. The van der Waals surface area contributed by atoms with Crippen LogP contribution in [0.2, 0.25) is 0 Å². The van der Waals surface area contributed by atoms with Crippen molar-refractivity contribution in [3.05, 3.63) is 0 Å². The number of rotatable bonds is 8. The maximum absolute atomic E-state index is 3.43. The number of nitrogens with one attached hydrogen (secondary N) is 1. The summed E-state index contributed by atoms with van der Waals surface area (Å²) in [5.74, 6) is 0.861. The third-order valence-corrected chi connectivity index (χ3v) is 4.08. The zero-order chi connectivity index (χ0) is 12.8. The van der Waals surface area contributed by atoms with Crippen molar-refractivity contribution in [1.82, 2.24) is 5.32 Å². The average Bonchev–Trinajstić information content (AvgIpc) is 2.17. The predicted octanol–water partition coefficient (Wildman–Crippen LogP) is 4.62. The van der Waals surface area contributed by atoms with Crippen LogP contribution in [0, 0.1) is 11.3 Å². The van der Waals surface area contributed by atoms with E-state index in [2.05, 4.69) is 53.9 Å². The largest absolute Gasteiger partial charge is 0.315 e. The molecule has 0 aliphatic rings. The first-order chi connectivity index (χ1) is 7.29. The van der Waals surface area contributed by atoms with Gasteiger partial charge in [0.15, 0.2) is 0 Å². The van der Waals surface area contributed by atoms with E-state index < -0.39 is 0 Å². The smallest absolute Gasteiger partial charge is 0.0127 e. The molecule has 0 radical (unpaired) electrons. The van der Waals surface area contributed by atoms with Crippen molar-refractivity contribution in [3.8, 4) is 0 Å². The van der Waals surface area contributed by atoms with Crippen LogP contribution < -0.4 is 5.32 Å². The Bertz CT molecular complexity index is 182. The van der Waals surface area contributed by atoms with Crippen LogP contribution in [0.15, 0.2) is 0 Å². The lowest BCUT2D eigenvalue weighted by atomic mass is 9.68. The Morgan fingerprint density at radius 2 is 1.62 bits per heavy atom. The van der Waals surface area contributed by atoms with E-state index in [9.17, 15) is 0 Å². The fourth-order valence-electron chi connectivity index (χ4n) is 2.97. The molecule has 0 aliphatic carbocycles. The van der Waals surface area contributed by atoms with Gasteiger partial charge in [0.1, 0.15) is 0 Å². The van der Waals surface area contributed by atoms with Gasteiger partial charge in [-0.1, -0.05) is 47.0 Å². The molecule has 1 unspecified atom stereocenters. The van der Waals surface area contributed by atoms with Gasteiger partial charge >= 0.3 is 0 Å². The Morgan fingerprint density at radius 3 is 2.00 bits per heavy atom.